The molecule has 0 atom stereocenters. The molecule has 0 aliphatic carbocycles. The molecule has 0 fully saturated rings. The van der Waals surface area contributed by atoms with E-state index in [1.807, 2.05) is 25.5 Å². The van der Waals surface area contributed by atoms with Crippen LogP contribution in [0.1, 0.15) is 5.56 Å². The first-order valence-electron chi connectivity index (χ1n) is 5.33. The predicted molar refractivity (Wildman–Crippen MR) is 67.9 cm³/mol. The van der Waals surface area contributed by atoms with Crippen molar-refractivity contribution in [2.24, 2.45) is 0 Å². The van der Waals surface area contributed by atoms with Crippen molar-refractivity contribution < 1.29 is 0 Å². The van der Waals surface area contributed by atoms with E-state index in [9.17, 15) is 0 Å². The van der Waals surface area contributed by atoms with Crippen molar-refractivity contribution in [1.29, 1.82) is 0 Å². The second-order valence-corrected chi connectivity index (χ2v) is 4.03. The van der Waals surface area contributed by atoms with Crippen LogP contribution in [0.4, 0.5) is 5.69 Å². The molecule has 3 heteroatoms. The Labute approximate surface area is 93.5 Å². The van der Waals surface area contributed by atoms with Crippen LogP contribution in [-0.4, -0.2) is 17.0 Å². The Morgan fingerprint density at radius 1 is 1.25 bits per heavy atom. The van der Waals surface area contributed by atoms with Crippen LogP contribution in [0.2, 0.25) is 0 Å². The summed E-state index contributed by atoms with van der Waals surface area (Å²) in [4.78, 5) is 7.53. The third-order valence-corrected chi connectivity index (χ3v) is 2.92. The van der Waals surface area contributed by atoms with Crippen molar-refractivity contribution in [2.75, 3.05) is 12.4 Å². The first-order valence-corrected chi connectivity index (χ1v) is 5.33. The molecular weight excluding hydrogens is 198 g/mol. The summed E-state index contributed by atoms with van der Waals surface area (Å²) in [6, 6.07) is 6.40. The summed E-state index contributed by atoms with van der Waals surface area (Å²) in [7, 11) is 1.94. The lowest BCUT2D eigenvalue weighted by Gasteiger charge is -2.03. The van der Waals surface area contributed by atoms with Gasteiger partial charge in [0.2, 0.25) is 0 Å². The zero-order valence-corrected chi connectivity index (χ0v) is 9.33. The standard InChI is InChI=1S/C13H13N3/c1-8-5-10-9-3-4-15-7-12(9)16-13(10)11(6-8)14-2/h3-7,14,16H,1-2H3. The van der Waals surface area contributed by atoms with Gasteiger partial charge in [-0.2, -0.15) is 0 Å². The molecule has 2 heterocycles. The number of H-pyrrole nitrogens is 1. The van der Waals surface area contributed by atoms with E-state index >= 15 is 0 Å². The van der Waals surface area contributed by atoms with Gasteiger partial charge in [-0.25, -0.2) is 0 Å². The molecule has 0 aliphatic rings. The number of rotatable bonds is 1. The Bertz CT molecular complexity index is 667. The fourth-order valence-corrected chi connectivity index (χ4v) is 2.19. The van der Waals surface area contributed by atoms with E-state index in [4.69, 9.17) is 0 Å². The van der Waals surface area contributed by atoms with Gasteiger partial charge in [-0.3, -0.25) is 4.98 Å². The molecule has 3 nitrogen and oxygen atoms in total. The average molecular weight is 211 g/mol. The summed E-state index contributed by atoms with van der Waals surface area (Å²) in [5.74, 6) is 0. The van der Waals surface area contributed by atoms with Crippen molar-refractivity contribution in [2.45, 2.75) is 6.92 Å². The van der Waals surface area contributed by atoms with Crippen molar-refractivity contribution in [3.63, 3.8) is 0 Å². The summed E-state index contributed by atoms with van der Waals surface area (Å²) in [6.45, 7) is 2.11. The molecule has 3 rings (SSSR count). The third-order valence-electron chi connectivity index (χ3n) is 2.92. The summed E-state index contributed by atoms with van der Waals surface area (Å²) >= 11 is 0. The van der Waals surface area contributed by atoms with Crippen LogP contribution in [0, 0.1) is 6.92 Å². The second kappa shape index (κ2) is 3.23. The fraction of sp³-hybridized carbons (Fsp3) is 0.154. The van der Waals surface area contributed by atoms with Crippen LogP contribution in [0.25, 0.3) is 21.8 Å². The van der Waals surface area contributed by atoms with Gasteiger partial charge in [-0.05, 0) is 30.7 Å². The lowest BCUT2D eigenvalue weighted by Crippen LogP contribution is -1.89. The van der Waals surface area contributed by atoms with Gasteiger partial charge in [0.15, 0.2) is 0 Å². The van der Waals surface area contributed by atoms with Crippen molar-refractivity contribution >= 4 is 27.5 Å². The highest BCUT2D eigenvalue weighted by molar-refractivity contribution is 6.11. The van der Waals surface area contributed by atoms with Crippen LogP contribution in [0.3, 0.4) is 0 Å². The third kappa shape index (κ3) is 1.18. The number of anilines is 1. The number of nitrogens with zero attached hydrogens (tertiary/aromatic N) is 1. The van der Waals surface area contributed by atoms with E-state index < -0.39 is 0 Å². The summed E-state index contributed by atoms with van der Waals surface area (Å²) in [5, 5.41) is 5.70. The van der Waals surface area contributed by atoms with E-state index in [2.05, 4.69) is 34.3 Å². The minimum absolute atomic E-state index is 1.08. The van der Waals surface area contributed by atoms with Crippen molar-refractivity contribution in [3.8, 4) is 0 Å². The maximum absolute atomic E-state index is 4.13. The van der Waals surface area contributed by atoms with Gasteiger partial charge in [0.25, 0.3) is 0 Å². The van der Waals surface area contributed by atoms with Gasteiger partial charge in [0.05, 0.1) is 22.9 Å². The van der Waals surface area contributed by atoms with Crippen molar-refractivity contribution in [1.82, 2.24) is 9.97 Å². The molecule has 0 radical (unpaired) electrons. The Morgan fingerprint density at radius 3 is 2.94 bits per heavy atom. The SMILES string of the molecule is CNc1cc(C)cc2c1[nH]c1cnccc12. The molecule has 2 aromatic heterocycles. The molecule has 80 valence electrons. The lowest BCUT2D eigenvalue weighted by atomic mass is 10.1. The number of fused-ring (bicyclic) bond motifs is 3. The smallest absolute Gasteiger partial charge is 0.0701 e. The molecule has 1 aromatic carbocycles. The Balaban J connectivity index is 2.54. The topological polar surface area (TPSA) is 40.7 Å². The molecule has 0 saturated carbocycles. The second-order valence-electron chi connectivity index (χ2n) is 4.03. The van der Waals surface area contributed by atoms with Gasteiger partial charge >= 0.3 is 0 Å². The van der Waals surface area contributed by atoms with Crippen molar-refractivity contribution in [3.05, 3.63) is 36.2 Å². The van der Waals surface area contributed by atoms with Crippen LogP contribution >= 0.6 is 0 Å². The highest BCUT2D eigenvalue weighted by Crippen LogP contribution is 2.30. The van der Waals surface area contributed by atoms with Gasteiger partial charge in [-0.1, -0.05) is 0 Å². The van der Waals surface area contributed by atoms with E-state index in [1.54, 1.807) is 0 Å². The monoisotopic (exact) mass is 211 g/mol. The first kappa shape index (κ1) is 9.21. The molecular formula is C13H13N3. The number of hydrogen-bond acceptors (Lipinski definition) is 2. The normalized spacial score (nSPS) is 11.1. The molecule has 3 aromatic rings. The number of aromatic amines is 1. The Morgan fingerprint density at radius 2 is 2.12 bits per heavy atom. The van der Waals surface area contributed by atoms with E-state index in [0.717, 1.165) is 16.7 Å². The Hall–Kier alpha value is -2.03. The molecule has 0 aliphatic heterocycles. The highest BCUT2D eigenvalue weighted by Gasteiger charge is 2.07. The number of pyridine rings is 1. The van der Waals surface area contributed by atoms with Gasteiger partial charge < -0.3 is 10.3 Å². The largest absolute Gasteiger partial charge is 0.386 e. The number of nitrogens with one attached hydrogen (secondary N) is 2. The zero-order valence-electron chi connectivity index (χ0n) is 9.33. The summed E-state index contributed by atoms with van der Waals surface area (Å²) in [5.41, 5.74) is 4.62. The minimum atomic E-state index is 1.08. The van der Waals surface area contributed by atoms with Gasteiger partial charge in [0, 0.05) is 24.0 Å². The molecule has 0 unspecified atom stereocenters. The van der Waals surface area contributed by atoms with E-state index in [1.165, 1.54) is 16.3 Å². The molecule has 0 amide bonds. The minimum Gasteiger partial charge on any atom is -0.386 e. The van der Waals surface area contributed by atoms with Crippen LogP contribution in [0.5, 0.6) is 0 Å². The summed E-state index contributed by atoms with van der Waals surface area (Å²) in [6.07, 6.45) is 3.70. The molecule has 16 heavy (non-hydrogen) atoms. The van der Waals surface area contributed by atoms with Gasteiger partial charge in [-0.15, -0.1) is 0 Å². The Kier molecular flexibility index (Phi) is 1.86. The average Bonchev–Trinajstić information content (AvgIpc) is 2.67. The lowest BCUT2D eigenvalue weighted by molar-refractivity contribution is 1.35. The fourth-order valence-electron chi connectivity index (χ4n) is 2.19. The number of hydrogen-bond donors (Lipinski definition) is 2. The van der Waals surface area contributed by atoms with Crippen LogP contribution in [0.15, 0.2) is 30.6 Å². The predicted octanol–water partition coefficient (Wildman–Crippen LogP) is 3.07. The molecule has 0 spiro atoms. The van der Waals surface area contributed by atoms with Crippen LogP contribution in [-0.2, 0) is 0 Å². The maximum Gasteiger partial charge on any atom is 0.0701 e. The maximum atomic E-state index is 4.13. The molecule has 2 N–H and O–H groups in total. The van der Waals surface area contributed by atoms with E-state index in [-0.39, 0.29) is 0 Å². The highest BCUT2D eigenvalue weighted by atomic mass is 14.9. The van der Waals surface area contributed by atoms with Gasteiger partial charge in [0.1, 0.15) is 0 Å². The zero-order chi connectivity index (χ0) is 11.1. The summed E-state index contributed by atoms with van der Waals surface area (Å²) < 4.78 is 0. The molecule has 0 bridgehead atoms. The van der Waals surface area contributed by atoms with Crippen LogP contribution < -0.4 is 5.32 Å². The number of aryl methyl sites for hydroxylation is 1. The molecule has 0 saturated heterocycles. The quantitative estimate of drug-likeness (QED) is 0.649. The number of aromatic nitrogens is 2. The first-order chi connectivity index (χ1) is 7.79. The number of benzene rings is 1. The van der Waals surface area contributed by atoms with E-state index in [0.29, 0.717) is 0 Å².